The number of methoxy groups -OCH3 is 1. The van der Waals surface area contributed by atoms with E-state index in [4.69, 9.17) is 10.5 Å². The van der Waals surface area contributed by atoms with Crippen molar-refractivity contribution < 1.29 is 4.74 Å². The fourth-order valence-corrected chi connectivity index (χ4v) is 2.52. The van der Waals surface area contributed by atoms with Crippen LogP contribution in [0.1, 0.15) is 39.5 Å². The van der Waals surface area contributed by atoms with E-state index in [2.05, 4.69) is 18.7 Å². The molecular formula is C13H28N2O. The molecule has 3 nitrogen and oxygen atoms in total. The first-order valence-electron chi connectivity index (χ1n) is 6.61. The molecule has 1 heterocycles. The molecule has 1 aliphatic rings. The van der Waals surface area contributed by atoms with Crippen molar-refractivity contribution >= 4 is 0 Å². The number of ether oxygens (including phenoxy) is 1. The normalized spacial score (nSPS) is 29.2. The molecule has 1 aliphatic heterocycles. The van der Waals surface area contributed by atoms with Gasteiger partial charge in [0.25, 0.3) is 0 Å². The minimum absolute atomic E-state index is 0.0721. The van der Waals surface area contributed by atoms with E-state index in [1.807, 2.05) is 7.11 Å². The van der Waals surface area contributed by atoms with Gasteiger partial charge in [0.15, 0.2) is 0 Å². The van der Waals surface area contributed by atoms with Gasteiger partial charge in [0.1, 0.15) is 0 Å². The molecule has 0 aromatic rings. The van der Waals surface area contributed by atoms with Crippen molar-refractivity contribution in [1.29, 1.82) is 0 Å². The molecule has 0 bridgehead atoms. The van der Waals surface area contributed by atoms with Crippen LogP contribution < -0.4 is 5.73 Å². The van der Waals surface area contributed by atoms with Gasteiger partial charge in [-0.3, -0.25) is 0 Å². The maximum Gasteiger partial charge on any atom is 0.0777 e. The summed E-state index contributed by atoms with van der Waals surface area (Å²) in [5.74, 6) is 0.690. The molecule has 2 unspecified atom stereocenters. The number of nitrogens with zero attached hydrogens (tertiary/aromatic N) is 1. The summed E-state index contributed by atoms with van der Waals surface area (Å²) in [6.07, 6.45) is 4.87. The second-order valence-electron chi connectivity index (χ2n) is 5.33. The van der Waals surface area contributed by atoms with Crippen LogP contribution in [0.25, 0.3) is 0 Å². The Labute approximate surface area is 100 Å². The average molecular weight is 228 g/mol. The van der Waals surface area contributed by atoms with Crippen molar-refractivity contribution in [3.63, 3.8) is 0 Å². The van der Waals surface area contributed by atoms with Gasteiger partial charge in [-0.05, 0) is 51.7 Å². The highest BCUT2D eigenvalue weighted by Crippen LogP contribution is 2.24. The smallest absolute Gasteiger partial charge is 0.0777 e. The average Bonchev–Trinajstić information content (AvgIpc) is 2.31. The van der Waals surface area contributed by atoms with Gasteiger partial charge in [-0.1, -0.05) is 13.3 Å². The number of hydrogen-bond donors (Lipinski definition) is 1. The van der Waals surface area contributed by atoms with E-state index < -0.39 is 0 Å². The lowest BCUT2D eigenvalue weighted by molar-refractivity contribution is -0.0514. The van der Waals surface area contributed by atoms with E-state index >= 15 is 0 Å². The lowest BCUT2D eigenvalue weighted by Gasteiger charge is -2.39. The Morgan fingerprint density at radius 3 is 2.81 bits per heavy atom. The van der Waals surface area contributed by atoms with Gasteiger partial charge in [0.2, 0.25) is 0 Å². The molecule has 0 aromatic carbocycles. The molecule has 16 heavy (non-hydrogen) atoms. The SMILES string of the molecule is CCC(CN)CCN1CCCC(C)(OC)C1. The second-order valence-corrected chi connectivity index (χ2v) is 5.33. The first-order chi connectivity index (χ1) is 7.63. The summed E-state index contributed by atoms with van der Waals surface area (Å²) in [5, 5.41) is 0. The van der Waals surface area contributed by atoms with Crippen molar-refractivity contribution in [2.24, 2.45) is 11.7 Å². The van der Waals surface area contributed by atoms with Crippen LogP contribution in [0.3, 0.4) is 0 Å². The van der Waals surface area contributed by atoms with Crippen molar-refractivity contribution in [2.45, 2.75) is 45.1 Å². The number of piperidine rings is 1. The Morgan fingerprint density at radius 1 is 1.50 bits per heavy atom. The summed E-state index contributed by atoms with van der Waals surface area (Å²) in [5.41, 5.74) is 5.81. The van der Waals surface area contributed by atoms with Crippen LogP contribution in [-0.2, 0) is 4.74 Å². The van der Waals surface area contributed by atoms with Crippen LogP contribution in [0.2, 0.25) is 0 Å². The Morgan fingerprint density at radius 2 is 2.25 bits per heavy atom. The van der Waals surface area contributed by atoms with Crippen molar-refractivity contribution in [2.75, 3.05) is 33.3 Å². The van der Waals surface area contributed by atoms with E-state index in [0.29, 0.717) is 5.92 Å². The molecule has 0 saturated carbocycles. The van der Waals surface area contributed by atoms with E-state index in [1.54, 1.807) is 0 Å². The zero-order valence-electron chi connectivity index (χ0n) is 11.2. The van der Waals surface area contributed by atoms with Crippen LogP contribution in [0.5, 0.6) is 0 Å². The molecule has 0 aromatic heterocycles. The first-order valence-corrected chi connectivity index (χ1v) is 6.61. The number of likely N-dealkylation sites (tertiary alicyclic amines) is 1. The first kappa shape index (κ1) is 13.9. The van der Waals surface area contributed by atoms with Crippen molar-refractivity contribution in [3.8, 4) is 0 Å². The van der Waals surface area contributed by atoms with Crippen LogP contribution >= 0.6 is 0 Å². The second kappa shape index (κ2) is 6.58. The van der Waals surface area contributed by atoms with Gasteiger partial charge < -0.3 is 15.4 Å². The Kier molecular flexibility index (Phi) is 5.73. The summed E-state index contributed by atoms with van der Waals surface area (Å²) < 4.78 is 5.60. The number of nitrogens with two attached hydrogens (primary N) is 1. The van der Waals surface area contributed by atoms with Gasteiger partial charge in [0, 0.05) is 13.7 Å². The van der Waals surface area contributed by atoms with E-state index in [1.165, 1.54) is 38.8 Å². The third kappa shape index (κ3) is 4.04. The quantitative estimate of drug-likeness (QED) is 0.754. The fraction of sp³-hybridized carbons (Fsp3) is 1.00. The van der Waals surface area contributed by atoms with Gasteiger partial charge >= 0.3 is 0 Å². The molecule has 0 radical (unpaired) electrons. The monoisotopic (exact) mass is 228 g/mol. The van der Waals surface area contributed by atoms with Crippen molar-refractivity contribution in [3.05, 3.63) is 0 Å². The van der Waals surface area contributed by atoms with E-state index in [9.17, 15) is 0 Å². The summed E-state index contributed by atoms with van der Waals surface area (Å²) in [4.78, 5) is 2.53. The molecule has 2 N–H and O–H groups in total. The molecular weight excluding hydrogens is 200 g/mol. The maximum absolute atomic E-state index is 5.74. The third-order valence-corrected chi connectivity index (χ3v) is 4.00. The molecule has 96 valence electrons. The van der Waals surface area contributed by atoms with Gasteiger partial charge in [0.05, 0.1) is 5.60 Å². The van der Waals surface area contributed by atoms with E-state index in [-0.39, 0.29) is 5.60 Å². The topological polar surface area (TPSA) is 38.5 Å². The molecule has 1 saturated heterocycles. The predicted octanol–water partition coefficient (Wildman–Crippen LogP) is 1.86. The molecule has 1 rings (SSSR count). The summed E-state index contributed by atoms with van der Waals surface area (Å²) >= 11 is 0. The Hall–Kier alpha value is -0.120. The number of rotatable bonds is 6. The molecule has 0 spiro atoms. The maximum atomic E-state index is 5.74. The summed E-state index contributed by atoms with van der Waals surface area (Å²) in [6, 6.07) is 0. The Balaban J connectivity index is 2.32. The van der Waals surface area contributed by atoms with Crippen LogP contribution in [0.15, 0.2) is 0 Å². The highest BCUT2D eigenvalue weighted by atomic mass is 16.5. The largest absolute Gasteiger partial charge is 0.377 e. The van der Waals surface area contributed by atoms with E-state index in [0.717, 1.165) is 13.1 Å². The zero-order chi connectivity index (χ0) is 12.0. The van der Waals surface area contributed by atoms with Crippen LogP contribution in [0, 0.1) is 5.92 Å². The van der Waals surface area contributed by atoms with Crippen molar-refractivity contribution in [1.82, 2.24) is 4.90 Å². The van der Waals surface area contributed by atoms with Gasteiger partial charge in [-0.15, -0.1) is 0 Å². The highest BCUT2D eigenvalue weighted by molar-refractivity contribution is 4.84. The third-order valence-electron chi connectivity index (χ3n) is 4.00. The minimum atomic E-state index is 0.0721. The van der Waals surface area contributed by atoms with Crippen LogP contribution in [-0.4, -0.2) is 43.8 Å². The molecule has 0 amide bonds. The Bertz CT molecular complexity index is 194. The standard InChI is InChI=1S/C13H28N2O/c1-4-12(10-14)6-9-15-8-5-7-13(2,11-15)16-3/h12H,4-11,14H2,1-3H3. The molecule has 0 aliphatic carbocycles. The van der Waals surface area contributed by atoms with Crippen LogP contribution in [0.4, 0.5) is 0 Å². The summed E-state index contributed by atoms with van der Waals surface area (Å²) in [7, 11) is 1.83. The predicted molar refractivity (Wildman–Crippen MR) is 68.5 cm³/mol. The van der Waals surface area contributed by atoms with Gasteiger partial charge in [-0.2, -0.15) is 0 Å². The highest BCUT2D eigenvalue weighted by Gasteiger charge is 2.30. The van der Waals surface area contributed by atoms with Gasteiger partial charge in [-0.25, -0.2) is 0 Å². The minimum Gasteiger partial charge on any atom is -0.377 e. The molecule has 3 heteroatoms. The summed E-state index contributed by atoms with van der Waals surface area (Å²) in [6.45, 7) is 8.75. The molecule has 2 atom stereocenters. The lowest BCUT2D eigenvalue weighted by Crippen LogP contribution is -2.47. The number of hydrogen-bond acceptors (Lipinski definition) is 3. The zero-order valence-corrected chi connectivity index (χ0v) is 11.2. The lowest BCUT2D eigenvalue weighted by atomic mass is 9.94. The fourth-order valence-electron chi connectivity index (χ4n) is 2.52. The molecule has 1 fully saturated rings.